The molecule has 6 nitrogen and oxygen atoms in total. The van der Waals surface area contributed by atoms with Crippen LogP contribution in [0.1, 0.15) is 93.9 Å². The first-order chi connectivity index (χ1) is 18.7. The summed E-state index contributed by atoms with van der Waals surface area (Å²) >= 11 is 0. The summed E-state index contributed by atoms with van der Waals surface area (Å²) in [4.78, 5) is 41.7. The minimum absolute atomic E-state index is 0.0529. The highest BCUT2D eigenvalue weighted by molar-refractivity contribution is 6.12. The van der Waals surface area contributed by atoms with E-state index in [1.165, 1.54) is 7.11 Å². The third kappa shape index (κ3) is 5.47. The van der Waals surface area contributed by atoms with Crippen molar-refractivity contribution >= 4 is 17.5 Å². The Labute approximate surface area is 241 Å². The van der Waals surface area contributed by atoms with E-state index in [0.717, 1.165) is 24.0 Å². The summed E-state index contributed by atoms with van der Waals surface area (Å²) in [6, 6.07) is 0. The Morgan fingerprint density at radius 3 is 2.33 bits per heavy atom. The molecule has 1 saturated carbocycles. The van der Waals surface area contributed by atoms with E-state index >= 15 is 4.79 Å². The number of methoxy groups -OCH3 is 2. The smallest absolute Gasteiger partial charge is 0.306 e. The van der Waals surface area contributed by atoms with Gasteiger partial charge in [-0.1, -0.05) is 57.9 Å². The maximum atomic E-state index is 15.1. The molecule has 40 heavy (non-hydrogen) atoms. The summed E-state index contributed by atoms with van der Waals surface area (Å²) < 4.78 is 17.6. The number of allylic oxidation sites excluding steroid dienone is 6. The van der Waals surface area contributed by atoms with E-state index in [1.54, 1.807) is 7.11 Å². The molecule has 3 aliphatic rings. The van der Waals surface area contributed by atoms with Gasteiger partial charge in [0.2, 0.25) is 0 Å². The van der Waals surface area contributed by atoms with Gasteiger partial charge in [-0.3, -0.25) is 14.4 Å². The number of carbonyl (C=O) groups excluding carboxylic acids is 3. The zero-order valence-corrected chi connectivity index (χ0v) is 26.4. The Morgan fingerprint density at radius 1 is 1.18 bits per heavy atom. The molecule has 2 fully saturated rings. The second-order valence-electron chi connectivity index (χ2n) is 13.1. The van der Waals surface area contributed by atoms with Crippen molar-refractivity contribution in [2.45, 2.75) is 100 Å². The lowest BCUT2D eigenvalue weighted by Crippen LogP contribution is -2.52. The molecule has 0 aromatic carbocycles. The van der Waals surface area contributed by atoms with Gasteiger partial charge >= 0.3 is 5.97 Å². The van der Waals surface area contributed by atoms with Gasteiger partial charge in [0.05, 0.1) is 37.5 Å². The predicted octanol–water partition coefficient (Wildman–Crippen LogP) is 7.30. The fourth-order valence-corrected chi connectivity index (χ4v) is 7.12. The third-order valence-corrected chi connectivity index (χ3v) is 9.89. The Hall–Kier alpha value is -2.63. The van der Waals surface area contributed by atoms with Crippen LogP contribution in [0.25, 0.3) is 0 Å². The van der Waals surface area contributed by atoms with Crippen LogP contribution >= 0.6 is 0 Å². The molecule has 1 saturated heterocycles. The minimum Gasteiger partial charge on any atom is -0.499 e. The third-order valence-electron chi connectivity index (χ3n) is 9.89. The maximum absolute atomic E-state index is 15.1. The summed E-state index contributed by atoms with van der Waals surface area (Å²) in [6.07, 6.45) is 4.98. The van der Waals surface area contributed by atoms with E-state index in [2.05, 4.69) is 33.4 Å². The number of hydrogen-bond donors (Lipinski definition) is 0. The quantitative estimate of drug-likeness (QED) is 0.197. The maximum Gasteiger partial charge on any atom is 0.306 e. The summed E-state index contributed by atoms with van der Waals surface area (Å²) in [7, 11) is 2.92. The highest BCUT2D eigenvalue weighted by atomic mass is 16.5. The molecule has 0 N–H and O–H groups in total. The second kappa shape index (κ2) is 12.1. The summed E-state index contributed by atoms with van der Waals surface area (Å²) in [5, 5.41) is 0. The monoisotopic (exact) mass is 554 g/mol. The molecule has 0 amide bonds. The summed E-state index contributed by atoms with van der Waals surface area (Å²) in [5.74, 6) is -0.0496. The van der Waals surface area contributed by atoms with Crippen molar-refractivity contribution in [3.05, 3.63) is 46.5 Å². The Kier molecular flexibility index (Phi) is 9.63. The van der Waals surface area contributed by atoms with Crippen LogP contribution in [-0.4, -0.2) is 37.9 Å². The van der Waals surface area contributed by atoms with Crippen molar-refractivity contribution in [1.82, 2.24) is 0 Å². The van der Waals surface area contributed by atoms with Crippen LogP contribution in [0.5, 0.6) is 0 Å². The highest BCUT2D eigenvalue weighted by Gasteiger charge is 2.59. The fourth-order valence-electron chi connectivity index (χ4n) is 7.12. The lowest BCUT2D eigenvalue weighted by atomic mass is 9.48. The van der Waals surface area contributed by atoms with Gasteiger partial charge in [-0.2, -0.15) is 0 Å². The summed E-state index contributed by atoms with van der Waals surface area (Å²) in [6.45, 7) is 20.6. The van der Waals surface area contributed by atoms with Crippen LogP contribution in [0.3, 0.4) is 0 Å². The van der Waals surface area contributed by atoms with Crippen molar-refractivity contribution in [3.8, 4) is 0 Å². The largest absolute Gasteiger partial charge is 0.499 e. The normalized spacial score (nSPS) is 30.1. The van der Waals surface area contributed by atoms with E-state index in [0.29, 0.717) is 47.8 Å². The van der Waals surface area contributed by atoms with Gasteiger partial charge in [0, 0.05) is 11.5 Å². The molecule has 0 spiro atoms. The molecule has 1 heterocycles. The molecule has 0 aromatic rings. The minimum atomic E-state index is -1.08. The molecular formula is C34H50O6. The number of ether oxygens (including phenoxy) is 3. The SMILES string of the molecule is C=C(C)C1CC(CC2(CC=C(C)C)C(=O)C(C(CCC)CC(=O)OC)=C3OC(C)C(C)C(=O)C3=C2OC)C1(C)C. The topological polar surface area (TPSA) is 78.9 Å². The number of hydrogen-bond acceptors (Lipinski definition) is 6. The van der Waals surface area contributed by atoms with Crippen molar-refractivity contribution in [1.29, 1.82) is 0 Å². The van der Waals surface area contributed by atoms with Gasteiger partial charge in [-0.15, -0.1) is 0 Å². The predicted molar refractivity (Wildman–Crippen MR) is 157 cm³/mol. The fraction of sp³-hybridized carbons (Fsp3) is 0.676. The zero-order valence-electron chi connectivity index (χ0n) is 26.4. The van der Waals surface area contributed by atoms with Gasteiger partial charge in [-0.05, 0) is 70.6 Å². The molecule has 0 bridgehead atoms. The van der Waals surface area contributed by atoms with Crippen LogP contribution < -0.4 is 0 Å². The van der Waals surface area contributed by atoms with Crippen molar-refractivity contribution < 1.29 is 28.6 Å². The van der Waals surface area contributed by atoms with Crippen molar-refractivity contribution in [2.75, 3.05) is 14.2 Å². The lowest BCUT2D eigenvalue weighted by Gasteiger charge is -2.56. The van der Waals surface area contributed by atoms with Gasteiger partial charge in [0.1, 0.15) is 17.6 Å². The van der Waals surface area contributed by atoms with Gasteiger partial charge in [-0.25, -0.2) is 0 Å². The van der Waals surface area contributed by atoms with Gasteiger partial charge in [0.15, 0.2) is 11.6 Å². The van der Waals surface area contributed by atoms with E-state index in [1.807, 2.05) is 34.6 Å². The average molecular weight is 555 g/mol. The number of carbonyl (C=O) groups is 3. The molecule has 6 atom stereocenters. The van der Waals surface area contributed by atoms with Crippen molar-refractivity contribution in [2.24, 2.45) is 34.5 Å². The Bertz CT molecular complexity index is 1150. The number of esters is 1. The van der Waals surface area contributed by atoms with E-state index in [4.69, 9.17) is 14.2 Å². The zero-order chi connectivity index (χ0) is 30.2. The molecule has 6 unspecified atom stereocenters. The Morgan fingerprint density at radius 2 is 1.82 bits per heavy atom. The van der Waals surface area contributed by atoms with Gasteiger partial charge in [0.25, 0.3) is 0 Å². The molecular weight excluding hydrogens is 504 g/mol. The molecule has 2 aliphatic carbocycles. The molecule has 0 aromatic heterocycles. The van der Waals surface area contributed by atoms with E-state index < -0.39 is 23.4 Å². The second-order valence-corrected chi connectivity index (χ2v) is 13.1. The average Bonchev–Trinajstić information content (AvgIpc) is 2.88. The number of fused-ring (bicyclic) bond motifs is 1. The first kappa shape index (κ1) is 31.9. The van der Waals surface area contributed by atoms with Crippen LogP contribution in [-0.2, 0) is 28.6 Å². The van der Waals surface area contributed by atoms with Crippen molar-refractivity contribution in [3.63, 3.8) is 0 Å². The van der Waals surface area contributed by atoms with E-state index in [9.17, 15) is 9.59 Å². The standard InChI is InChI=1S/C34H50O6/c1-12-13-23(16-26(35)38-10)27-30-28(29(36)21(6)22(7)40-30)32(39-11)34(31(27)37,15-14-19(2)3)18-24-17-25(20(4)5)33(24,8)9/h14,21-25H,4,12-13,15-18H2,1-3,5-11H3. The van der Waals surface area contributed by atoms with Gasteiger partial charge < -0.3 is 14.2 Å². The Balaban J connectivity index is 2.33. The van der Waals surface area contributed by atoms with Crippen LogP contribution in [0.4, 0.5) is 0 Å². The highest BCUT2D eigenvalue weighted by Crippen LogP contribution is 2.61. The van der Waals surface area contributed by atoms with E-state index in [-0.39, 0.29) is 35.3 Å². The van der Waals surface area contributed by atoms with Crippen LogP contribution in [0.15, 0.2) is 46.5 Å². The summed E-state index contributed by atoms with van der Waals surface area (Å²) in [5.41, 5.74) is 1.94. The first-order valence-electron chi connectivity index (χ1n) is 14.8. The lowest BCUT2D eigenvalue weighted by molar-refractivity contribution is -0.141. The molecule has 222 valence electrons. The van der Waals surface area contributed by atoms with Crippen LogP contribution in [0, 0.1) is 34.5 Å². The van der Waals surface area contributed by atoms with Crippen LogP contribution in [0.2, 0.25) is 0 Å². The number of Topliss-reactive ketones (excluding diaryl/α,β-unsaturated/α-hetero) is 2. The molecule has 6 heteroatoms. The molecule has 3 rings (SSSR count). The number of ketones is 2. The first-order valence-corrected chi connectivity index (χ1v) is 14.8. The molecule has 0 radical (unpaired) electrons. The number of rotatable bonds is 11. The molecule has 1 aliphatic heterocycles.